The lowest BCUT2D eigenvalue weighted by Gasteiger charge is -1.83. The Balaban J connectivity index is -0.000000147. The summed E-state index contributed by atoms with van der Waals surface area (Å²) < 4.78 is 4.17. The Morgan fingerprint density at radius 2 is 1.40 bits per heavy atom. The van der Waals surface area contributed by atoms with E-state index in [-0.39, 0.29) is 5.97 Å². The van der Waals surface area contributed by atoms with Gasteiger partial charge in [0.1, 0.15) is 0 Å². The number of hydrogen-bond acceptors (Lipinski definition) is 4. The van der Waals surface area contributed by atoms with Crippen LogP contribution in [0.3, 0.4) is 0 Å². The molecule has 2 N–H and O–H groups in total. The standard InChI is InChI=1S/C4H6O2.C3H4O2.C2H4O2/c1-3-6-4(2)5;1-2-3(4)5;1-2(3)4/h3H,1H2,2H3;2H,1H2,(H,4,5);1H3,(H,3,4). The summed E-state index contributed by atoms with van der Waals surface area (Å²) in [5, 5.41) is 15.0. The number of hydrogen-bond donors (Lipinski definition) is 2. The average Bonchev–Trinajstić information content (AvgIpc) is 2.03. The number of ether oxygens (including phenoxy) is 1. The summed E-state index contributed by atoms with van der Waals surface area (Å²) >= 11 is 0. The van der Waals surface area contributed by atoms with Gasteiger partial charge in [-0.15, -0.1) is 0 Å². The Bertz CT molecular complexity index is 227. The molecule has 0 amide bonds. The van der Waals surface area contributed by atoms with Crippen LogP contribution in [0.5, 0.6) is 0 Å². The molecular formula is C9H14O6. The number of carbonyl (C=O) groups excluding carboxylic acids is 1. The maximum Gasteiger partial charge on any atom is 0.327 e. The van der Waals surface area contributed by atoms with Gasteiger partial charge >= 0.3 is 11.9 Å². The molecule has 6 nitrogen and oxygen atoms in total. The maximum atomic E-state index is 9.75. The normalized spacial score (nSPS) is 6.53. The number of carboxylic acids is 2. The van der Waals surface area contributed by atoms with Gasteiger partial charge in [0.2, 0.25) is 0 Å². The van der Waals surface area contributed by atoms with E-state index in [4.69, 9.17) is 15.0 Å². The summed E-state index contributed by atoms with van der Waals surface area (Å²) in [6.45, 7) is 8.52. The van der Waals surface area contributed by atoms with Gasteiger partial charge < -0.3 is 14.9 Å². The Morgan fingerprint density at radius 3 is 1.40 bits per heavy atom. The average molecular weight is 218 g/mol. The van der Waals surface area contributed by atoms with Crippen LogP contribution in [0.25, 0.3) is 0 Å². The molecule has 0 bridgehead atoms. The molecule has 15 heavy (non-hydrogen) atoms. The first-order valence-corrected chi connectivity index (χ1v) is 3.60. The Hall–Kier alpha value is -2.11. The zero-order chi connectivity index (χ0) is 12.9. The first kappa shape index (κ1) is 18.6. The monoisotopic (exact) mass is 218 g/mol. The van der Waals surface area contributed by atoms with Crippen molar-refractivity contribution in [1.82, 2.24) is 0 Å². The van der Waals surface area contributed by atoms with Gasteiger partial charge in [0.25, 0.3) is 5.97 Å². The van der Waals surface area contributed by atoms with Crippen molar-refractivity contribution in [1.29, 1.82) is 0 Å². The molecular weight excluding hydrogens is 204 g/mol. The molecule has 6 heteroatoms. The van der Waals surface area contributed by atoms with Crippen LogP contribution >= 0.6 is 0 Å². The molecule has 0 spiro atoms. The molecule has 0 aliphatic heterocycles. The van der Waals surface area contributed by atoms with Crippen LogP contribution in [0.1, 0.15) is 13.8 Å². The van der Waals surface area contributed by atoms with Crippen molar-refractivity contribution in [3.63, 3.8) is 0 Å². The number of rotatable bonds is 2. The van der Waals surface area contributed by atoms with Crippen LogP contribution in [0.2, 0.25) is 0 Å². The van der Waals surface area contributed by atoms with E-state index in [1.165, 1.54) is 6.92 Å². The number of aliphatic carboxylic acids is 2. The highest BCUT2D eigenvalue weighted by molar-refractivity contribution is 5.78. The first-order chi connectivity index (χ1) is 6.77. The first-order valence-electron chi connectivity index (χ1n) is 3.60. The molecule has 0 aliphatic carbocycles. The van der Waals surface area contributed by atoms with Gasteiger partial charge in [-0.05, 0) is 0 Å². The minimum atomic E-state index is -0.981. The zero-order valence-corrected chi connectivity index (χ0v) is 8.60. The van der Waals surface area contributed by atoms with Crippen molar-refractivity contribution < 1.29 is 29.3 Å². The summed E-state index contributed by atoms with van der Waals surface area (Å²) in [6, 6.07) is 0. The molecule has 0 saturated carbocycles. The van der Waals surface area contributed by atoms with Gasteiger partial charge in [-0.3, -0.25) is 9.59 Å². The van der Waals surface area contributed by atoms with E-state index in [0.717, 1.165) is 19.3 Å². The summed E-state index contributed by atoms with van der Waals surface area (Å²) in [7, 11) is 0. The lowest BCUT2D eigenvalue weighted by atomic mass is 10.7. The summed E-state index contributed by atoms with van der Waals surface area (Å²) in [4.78, 5) is 28.0. The molecule has 0 unspecified atom stereocenters. The number of carbonyl (C=O) groups is 3. The minimum Gasteiger partial charge on any atom is -0.481 e. The van der Waals surface area contributed by atoms with E-state index in [2.05, 4.69) is 17.9 Å². The third-order valence-electron chi connectivity index (χ3n) is 0.424. The zero-order valence-electron chi connectivity index (χ0n) is 8.60. The summed E-state index contributed by atoms with van der Waals surface area (Å²) in [6.07, 6.45) is 1.93. The lowest BCUT2D eigenvalue weighted by Crippen LogP contribution is -1.87. The van der Waals surface area contributed by atoms with Crippen molar-refractivity contribution in [2.24, 2.45) is 0 Å². The van der Waals surface area contributed by atoms with Crippen LogP contribution in [0, 0.1) is 0 Å². The fourth-order valence-corrected chi connectivity index (χ4v) is 0.117. The highest BCUT2D eigenvalue weighted by Gasteiger charge is 1.79. The van der Waals surface area contributed by atoms with Crippen LogP contribution in [-0.4, -0.2) is 28.1 Å². The third-order valence-corrected chi connectivity index (χ3v) is 0.424. The smallest absolute Gasteiger partial charge is 0.327 e. The molecule has 86 valence electrons. The second kappa shape index (κ2) is 14.4. The SMILES string of the molecule is C=CC(=O)O.C=COC(C)=O.CC(=O)O. The van der Waals surface area contributed by atoms with E-state index in [9.17, 15) is 9.59 Å². The van der Waals surface area contributed by atoms with Crippen LogP contribution < -0.4 is 0 Å². The predicted molar refractivity (Wildman–Crippen MR) is 53.1 cm³/mol. The van der Waals surface area contributed by atoms with Crippen LogP contribution in [0.15, 0.2) is 25.5 Å². The van der Waals surface area contributed by atoms with Crippen LogP contribution in [0.4, 0.5) is 0 Å². The Kier molecular flexibility index (Phi) is 17.9. The largest absolute Gasteiger partial charge is 0.481 e. The van der Waals surface area contributed by atoms with Gasteiger partial charge in [0.05, 0.1) is 6.26 Å². The summed E-state index contributed by atoms with van der Waals surface area (Å²) in [5.74, 6) is -2.14. The van der Waals surface area contributed by atoms with Gasteiger partial charge in [-0.2, -0.15) is 0 Å². The van der Waals surface area contributed by atoms with Crippen molar-refractivity contribution >= 4 is 17.9 Å². The van der Waals surface area contributed by atoms with Gasteiger partial charge in [-0.25, -0.2) is 4.79 Å². The molecule has 0 atom stereocenters. The van der Waals surface area contributed by atoms with E-state index in [0.29, 0.717) is 0 Å². The second-order valence-electron chi connectivity index (χ2n) is 1.84. The van der Waals surface area contributed by atoms with Gasteiger partial charge in [0, 0.05) is 19.9 Å². The predicted octanol–water partition coefficient (Wildman–Crippen LogP) is 1.04. The van der Waals surface area contributed by atoms with Crippen molar-refractivity contribution in [2.75, 3.05) is 0 Å². The quantitative estimate of drug-likeness (QED) is 0.408. The lowest BCUT2D eigenvalue weighted by molar-refractivity contribution is -0.136. The Labute approximate surface area is 87.5 Å². The molecule has 0 aromatic carbocycles. The molecule has 0 aromatic heterocycles. The third kappa shape index (κ3) is 139. The fourth-order valence-electron chi connectivity index (χ4n) is 0.117. The summed E-state index contributed by atoms with van der Waals surface area (Å²) in [5.41, 5.74) is 0. The van der Waals surface area contributed by atoms with Crippen molar-refractivity contribution in [3.8, 4) is 0 Å². The number of esters is 1. The van der Waals surface area contributed by atoms with Crippen LogP contribution in [-0.2, 0) is 19.1 Å². The van der Waals surface area contributed by atoms with Crippen molar-refractivity contribution in [2.45, 2.75) is 13.8 Å². The van der Waals surface area contributed by atoms with E-state index < -0.39 is 11.9 Å². The highest BCUT2D eigenvalue weighted by atomic mass is 16.5. The Morgan fingerprint density at radius 1 is 1.13 bits per heavy atom. The topological polar surface area (TPSA) is 101 Å². The molecule has 0 fully saturated rings. The van der Waals surface area contributed by atoms with E-state index in [1.54, 1.807) is 0 Å². The molecule has 0 saturated heterocycles. The second-order valence-corrected chi connectivity index (χ2v) is 1.84. The molecule has 0 aromatic rings. The van der Waals surface area contributed by atoms with Gasteiger partial charge in [-0.1, -0.05) is 13.2 Å². The van der Waals surface area contributed by atoms with E-state index in [1.807, 2.05) is 0 Å². The molecule has 0 rings (SSSR count). The molecule has 0 heterocycles. The van der Waals surface area contributed by atoms with Crippen molar-refractivity contribution in [3.05, 3.63) is 25.5 Å². The van der Waals surface area contributed by atoms with Gasteiger partial charge in [0.15, 0.2) is 0 Å². The van der Waals surface area contributed by atoms with E-state index >= 15 is 0 Å². The maximum absolute atomic E-state index is 9.75. The highest BCUT2D eigenvalue weighted by Crippen LogP contribution is 1.70. The molecule has 0 aliphatic rings. The number of carboxylic acid groups (broad SMARTS) is 2. The minimum absolute atomic E-state index is 0.329. The molecule has 0 radical (unpaired) electrons. The fraction of sp³-hybridized carbons (Fsp3) is 0.222.